The van der Waals surface area contributed by atoms with E-state index in [-0.39, 0.29) is 0 Å². The van der Waals surface area contributed by atoms with Gasteiger partial charge in [0, 0.05) is 6.04 Å². The molecule has 2 fully saturated rings. The predicted molar refractivity (Wildman–Crippen MR) is 90.5 cm³/mol. The lowest BCUT2D eigenvalue weighted by Crippen LogP contribution is -2.25. The first-order valence-corrected chi connectivity index (χ1v) is 9.09. The van der Waals surface area contributed by atoms with E-state index in [0.717, 1.165) is 24.3 Å². The third kappa shape index (κ3) is 3.04. The van der Waals surface area contributed by atoms with Gasteiger partial charge in [0.15, 0.2) is 0 Å². The first-order chi connectivity index (χ1) is 10.3. The molecule has 0 spiro atoms. The smallest absolute Gasteiger partial charge is 0.0354 e. The lowest BCUT2D eigenvalue weighted by atomic mass is 9.93. The second-order valence-electron chi connectivity index (χ2n) is 7.24. The standard InChI is InChI=1S/C20H31N/c1-4-13-21-20(19-17-7-6-8-18(17)19)16-11-9-15(10-12-16)14(3)5-2/h9-12,14,17-21H,4-8,13H2,1-3H3. The van der Waals surface area contributed by atoms with Crippen molar-refractivity contribution in [3.63, 3.8) is 0 Å². The summed E-state index contributed by atoms with van der Waals surface area (Å²) in [5.41, 5.74) is 3.02. The van der Waals surface area contributed by atoms with E-state index < -0.39 is 0 Å². The summed E-state index contributed by atoms with van der Waals surface area (Å²) in [5.74, 6) is 3.64. The average molecular weight is 285 g/mol. The van der Waals surface area contributed by atoms with Crippen molar-refractivity contribution in [2.75, 3.05) is 6.54 Å². The van der Waals surface area contributed by atoms with Gasteiger partial charge in [-0.05, 0) is 67.0 Å². The molecule has 0 radical (unpaired) electrons. The molecule has 0 saturated heterocycles. The Morgan fingerprint density at radius 1 is 1.05 bits per heavy atom. The second-order valence-corrected chi connectivity index (χ2v) is 7.24. The maximum absolute atomic E-state index is 3.84. The van der Waals surface area contributed by atoms with Crippen LogP contribution in [0.3, 0.4) is 0 Å². The molecule has 1 N–H and O–H groups in total. The van der Waals surface area contributed by atoms with E-state index in [9.17, 15) is 0 Å². The summed E-state index contributed by atoms with van der Waals surface area (Å²) >= 11 is 0. The molecule has 0 heterocycles. The summed E-state index contributed by atoms with van der Waals surface area (Å²) < 4.78 is 0. The van der Waals surface area contributed by atoms with E-state index in [1.807, 2.05) is 0 Å². The van der Waals surface area contributed by atoms with Gasteiger partial charge in [0.05, 0.1) is 0 Å². The van der Waals surface area contributed by atoms with Crippen molar-refractivity contribution >= 4 is 0 Å². The molecule has 1 aromatic carbocycles. The van der Waals surface area contributed by atoms with Crippen LogP contribution in [-0.4, -0.2) is 6.54 Å². The molecule has 3 rings (SSSR count). The normalized spacial score (nSPS) is 30.0. The van der Waals surface area contributed by atoms with Gasteiger partial charge in [-0.1, -0.05) is 51.5 Å². The molecule has 4 atom stereocenters. The number of benzene rings is 1. The minimum Gasteiger partial charge on any atom is -0.310 e. The number of hydrogen-bond donors (Lipinski definition) is 1. The highest BCUT2D eigenvalue weighted by atomic mass is 14.9. The van der Waals surface area contributed by atoms with Crippen LogP contribution >= 0.6 is 0 Å². The van der Waals surface area contributed by atoms with Crippen molar-refractivity contribution in [1.29, 1.82) is 0 Å². The fourth-order valence-corrected chi connectivity index (χ4v) is 4.41. The molecule has 0 bridgehead atoms. The maximum atomic E-state index is 3.84. The van der Waals surface area contributed by atoms with E-state index in [1.54, 1.807) is 0 Å². The molecule has 116 valence electrons. The lowest BCUT2D eigenvalue weighted by Gasteiger charge is -2.22. The molecule has 0 aromatic heterocycles. The van der Waals surface area contributed by atoms with E-state index in [0.29, 0.717) is 12.0 Å². The van der Waals surface area contributed by atoms with E-state index in [4.69, 9.17) is 0 Å². The van der Waals surface area contributed by atoms with Gasteiger partial charge in [0.25, 0.3) is 0 Å². The minimum atomic E-state index is 0.603. The highest BCUT2D eigenvalue weighted by Gasteiger charge is 2.55. The van der Waals surface area contributed by atoms with Gasteiger partial charge in [-0.2, -0.15) is 0 Å². The van der Waals surface area contributed by atoms with Crippen LogP contribution < -0.4 is 5.32 Å². The van der Waals surface area contributed by atoms with Crippen molar-refractivity contribution in [2.45, 2.75) is 64.8 Å². The zero-order valence-corrected chi connectivity index (χ0v) is 13.9. The fraction of sp³-hybridized carbons (Fsp3) is 0.700. The van der Waals surface area contributed by atoms with Gasteiger partial charge < -0.3 is 5.32 Å². The van der Waals surface area contributed by atoms with Crippen molar-refractivity contribution in [3.8, 4) is 0 Å². The third-order valence-corrected chi connectivity index (χ3v) is 5.95. The molecule has 4 unspecified atom stereocenters. The van der Waals surface area contributed by atoms with Gasteiger partial charge in [0.2, 0.25) is 0 Å². The van der Waals surface area contributed by atoms with Crippen LogP contribution in [0.25, 0.3) is 0 Å². The molecule has 21 heavy (non-hydrogen) atoms. The fourth-order valence-electron chi connectivity index (χ4n) is 4.41. The van der Waals surface area contributed by atoms with Gasteiger partial charge in [-0.25, -0.2) is 0 Å². The van der Waals surface area contributed by atoms with E-state index in [2.05, 4.69) is 50.4 Å². The third-order valence-electron chi connectivity index (χ3n) is 5.95. The Morgan fingerprint density at radius 2 is 1.67 bits per heavy atom. The van der Waals surface area contributed by atoms with Crippen LogP contribution in [0.5, 0.6) is 0 Å². The van der Waals surface area contributed by atoms with Gasteiger partial charge in [-0.15, -0.1) is 0 Å². The Balaban J connectivity index is 1.73. The summed E-state index contributed by atoms with van der Waals surface area (Å²) in [7, 11) is 0. The summed E-state index contributed by atoms with van der Waals surface area (Å²) in [6, 6.07) is 10.1. The van der Waals surface area contributed by atoms with Gasteiger partial charge in [0.1, 0.15) is 0 Å². The van der Waals surface area contributed by atoms with Crippen molar-refractivity contribution in [3.05, 3.63) is 35.4 Å². The Morgan fingerprint density at radius 3 is 2.24 bits per heavy atom. The molecule has 2 aliphatic carbocycles. The molecule has 1 nitrogen and oxygen atoms in total. The molecule has 1 heteroatoms. The lowest BCUT2D eigenvalue weighted by molar-refractivity contribution is 0.417. The number of rotatable bonds is 7. The summed E-state index contributed by atoms with van der Waals surface area (Å²) in [5, 5.41) is 3.84. The molecule has 0 amide bonds. The van der Waals surface area contributed by atoms with Gasteiger partial charge >= 0.3 is 0 Å². The number of fused-ring (bicyclic) bond motifs is 1. The largest absolute Gasteiger partial charge is 0.310 e. The van der Waals surface area contributed by atoms with Crippen LogP contribution in [0.15, 0.2) is 24.3 Å². The quantitative estimate of drug-likeness (QED) is 0.718. The minimum absolute atomic E-state index is 0.603. The van der Waals surface area contributed by atoms with Crippen LogP contribution in [0.4, 0.5) is 0 Å². The summed E-state index contributed by atoms with van der Waals surface area (Å²) in [4.78, 5) is 0. The SMILES string of the molecule is CCCNC(c1ccc(C(C)CC)cc1)C1C2CCCC21. The van der Waals surface area contributed by atoms with Gasteiger partial charge in [-0.3, -0.25) is 0 Å². The highest BCUT2D eigenvalue weighted by Crippen LogP contribution is 2.62. The second kappa shape index (κ2) is 6.52. The van der Waals surface area contributed by atoms with Crippen molar-refractivity contribution < 1.29 is 0 Å². The van der Waals surface area contributed by atoms with Crippen molar-refractivity contribution in [1.82, 2.24) is 5.32 Å². The maximum Gasteiger partial charge on any atom is 0.0354 e. The summed E-state index contributed by atoms with van der Waals surface area (Å²) in [6.07, 6.45) is 6.88. The number of hydrogen-bond acceptors (Lipinski definition) is 1. The van der Waals surface area contributed by atoms with Crippen LogP contribution in [0, 0.1) is 17.8 Å². The average Bonchev–Trinajstić information content (AvgIpc) is 2.98. The molecule has 2 aliphatic rings. The Hall–Kier alpha value is -0.820. The monoisotopic (exact) mass is 285 g/mol. The Bertz CT molecular complexity index is 439. The first kappa shape index (κ1) is 15.1. The molecular formula is C20H31N. The molecular weight excluding hydrogens is 254 g/mol. The summed E-state index contributed by atoms with van der Waals surface area (Å²) in [6.45, 7) is 8.01. The molecule has 2 saturated carbocycles. The Labute approximate surface area is 130 Å². The first-order valence-electron chi connectivity index (χ1n) is 9.09. The topological polar surface area (TPSA) is 12.0 Å². The molecule has 1 aromatic rings. The van der Waals surface area contributed by atoms with E-state index >= 15 is 0 Å². The van der Waals surface area contributed by atoms with Crippen LogP contribution in [0.2, 0.25) is 0 Å². The highest BCUT2D eigenvalue weighted by molar-refractivity contribution is 5.29. The Kier molecular flexibility index (Phi) is 4.69. The van der Waals surface area contributed by atoms with Crippen LogP contribution in [-0.2, 0) is 0 Å². The van der Waals surface area contributed by atoms with Crippen LogP contribution in [0.1, 0.15) is 76.0 Å². The zero-order valence-electron chi connectivity index (χ0n) is 13.9. The predicted octanol–water partition coefficient (Wildman–Crippen LogP) is 5.29. The van der Waals surface area contributed by atoms with E-state index in [1.165, 1.54) is 43.2 Å². The van der Waals surface area contributed by atoms with Crippen molar-refractivity contribution in [2.24, 2.45) is 17.8 Å². The molecule has 0 aliphatic heterocycles. The zero-order chi connectivity index (χ0) is 14.8. The number of nitrogens with one attached hydrogen (secondary N) is 1.